The summed E-state index contributed by atoms with van der Waals surface area (Å²) < 4.78 is 7.81. The van der Waals surface area contributed by atoms with Crippen LogP contribution in [0.5, 0.6) is 5.75 Å². The summed E-state index contributed by atoms with van der Waals surface area (Å²) in [5, 5.41) is 12.3. The molecule has 4 nitrogen and oxygen atoms in total. The number of ether oxygens (including phenoxy) is 1. The van der Waals surface area contributed by atoms with Crippen LogP contribution in [0.2, 0.25) is 0 Å². The van der Waals surface area contributed by atoms with Gasteiger partial charge >= 0.3 is 0 Å². The van der Waals surface area contributed by atoms with Gasteiger partial charge in [0.25, 0.3) is 5.91 Å². The number of carbonyl (C=O) groups is 1. The van der Waals surface area contributed by atoms with Gasteiger partial charge in [-0.25, -0.2) is 0 Å². The zero-order valence-electron chi connectivity index (χ0n) is 17.1. The minimum absolute atomic E-state index is 0.0281. The second-order valence-corrected chi connectivity index (χ2v) is 9.08. The van der Waals surface area contributed by atoms with E-state index in [0.717, 1.165) is 26.7 Å². The molecular weight excluding hydrogens is 567 g/mol. The summed E-state index contributed by atoms with van der Waals surface area (Å²) in [6.45, 7) is 4.37. The van der Waals surface area contributed by atoms with Gasteiger partial charge in [-0.05, 0) is 111 Å². The van der Waals surface area contributed by atoms with Crippen LogP contribution in [0.25, 0.3) is 6.08 Å². The Bertz CT molecular complexity index is 1180. The number of hydrogen-bond donors (Lipinski definition) is 1. The van der Waals surface area contributed by atoms with E-state index in [2.05, 4.69) is 43.8 Å². The number of aryl methyl sites for hydroxylation is 1. The normalized spacial score (nSPS) is 11.0. The van der Waals surface area contributed by atoms with Crippen molar-refractivity contribution in [2.24, 2.45) is 0 Å². The molecule has 156 valence electrons. The molecule has 0 spiro atoms. The predicted molar refractivity (Wildman–Crippen MR) is 136 cm³/mol. The molecule has 0 atom stereocenters. The van der Waals surface area contributed by atoms with Gasteiger partial charge in [0.15, 0.2) is 0 Å². The first kappa shape index (κ1) is 23.0. The summed E-state index contributed by atoms with van der Waals surface area (Å²) in [5.41, 5.74) is 4.58. The van der Waals surface area contributed by atoms with Crippen LogP contribution in [0.3, 0.4) is 0 Å². The molecule has 1 N–H and O–H groups in total. The van der Waals surface area contributed by atoms with Gasteiger partial charge in [0.2, 0.25) is 0 Å². The molecule has 1 amide bonds. The van der Waals surface area contributed by atoms with Crippen LogP contribution in [-0.2, 0) is 11.4 Å². The van der Waals surface area contributed by atoms with Gasteiger partial charge < -0.3 is 10.1 Å². The Labute approximate surface area is 204 Å². The van der Waals surface area contributed by atoms with Crippen LogP contribution in [-0.4, -0.2) is 5.91 Å². The highest BCUT2D eigenvalue weighted by atomic mass is 127. The van der Waals surface area contributed by atoms with Gasteiger partial charge in [0, 0.05) is 9.26 Å². The van der Waals surface area contributed by atoms with Crippen molar-refractivity contribution in [2.45, 2.75) is 20.5 Å². The molecule has 0 aliphatic heterocycles. The molecule has 0 radical (unpaired) electrons. The third-order valence-electron chi connectivity index (χ3n) is 4.79. The molecule has 0 bridgehead atoms. The van der Waals surface area contributed by atoms with Gasteiger partial charge in [-0.2, -0.15) is 5.26 Å². The van der Waals surface area contributed by atoms with Crippen molar-refractivity contribution in [1.29, 1.82) is 5.26 Å². The lowest BCUT2D eigenvalue weighted by Gasteiger charge is -2.10. The van der Waals surface area contributed by atoms with E-state index in [9.17, 15) is 10.1 Å². The molecule has 31 heavy (non-hydrogen) atoms. The molecular formula is C25H20BrIN2O2. The van der Waals surface area contributed by atoms with Crippen LogP contribution in [0.15, 0.2) is 70.7 Å². The van der Waals surface area contributed by atoms with Crippen molar-refractivity contribution in [2.75, 3.05) is 5.32 Å². The van der Waals surface area contributed by atoms with Gasteiger partial charge in [0.1, 0.15) is 24.0 Å². The predicted octanol–water partition coefficient (Wildman–Crippen LogP) is 6.80. The first-order valence-corrected chi connectivity index (χ1v) is 11.4. The van der Waals surface area contributed by atoms with E-state index < -0.39 is 5.91 Å². The Balaban J connectivity index is 1.72. The number of carbonyl (C=O) groups excluding carboxylic acids is 1. The number of nitriles is 1. The zero-order valence-corrected chi connectivity index (χ0v) is 20.8. The lowest BCUT2D eigenvalue weighted by molar-refractivity contribution is -0.112. The number of benzene rings is 3. The number of hydrogen-bond acceptors (Lipinski definition) is 3. The number of amides is 1. The number of nitrogens with zero attached hydrogens (tertiary/aromatic N) is 1. The highest BCUT2D eigenvalue weighted by Gasteiger charge is 2.12. The van der Waals surface area contributed by atoms with Crippen LogP contribution in [0, 0.1) is 28.7 Å². The maximum atomic E-state index is 12.6. The van der Waals surface area contributed by atoms with Gasteiger partial charge in [-0.3, -0.25) is 4.79 Å². The molecule has 0 aliphatic rings. The molecule has 0 unspecified atom stereocenters. The van der Waals surface area contributed by atoms with Crippen molar-refractivity contribution in [3.05, 3.63) is 96.5 Å². The molecule has 3 rings (SSSR count). The van der Waals surface area contributed by atoms with E-state index in [-0.39, 0.29) is 5.57 Å². The first-order valence-electron chi connectivity index (χ1n) is 9.53. The third kappa shape index (κ3) is 6.18. The second kappa shape index (κ2) is 10.6. The largest absolute Gasteiger partial charge is 0.488 e. The molecule has 0 saturated carbocycles. The van der Waals surface area contributed by atoms with Crippen molar-refractivity contribution >= 4 is 56.2 Å². The van der Waals surface area contributed by atoms with Gasteiger partial charge in [-0.1, -0.05) is 30.3 Å². The van der Waals surface area contributed by atoms with E-state index >= 15 is 0 Å². The Hall–Kier alpha value is -2.63. The summed E-state index contributed by atoms with van der Waals surface area (Å²) >= 11 is 5.78. The standard InChI is InChI=1S/C25H20BrIN2O2/c1-16-4-3-5-23(17(16)2)29-25(30)20(14-28)12-19-8-11-24(22(26)13-19)31-15-18-6-9-21(27)10-7-18/h3-13H,15H2,1-2H3,(H,29,30)/b20-12+. The fourth-order valence-electron chi connectivity index (χ4n) is 2.86. The van der Waals surface area contributed by atoms with E-state index in [1.807, 2.05) is 80.6 Å². The quantitative estimate of drug-likeness (QED) is 0.196. The molecule has 0 fully saturated rings. The Morgan fingerprint density at radius 2 is 1.90 bits per heavy atom. The van der Waals surface area contributed by atoms with Crippen molar-refractivity contribution in [3.8, 4) is 11.8 Å². The Kier molecular flexibility index (Phi) is 7.88. The molecule has 0 aliphatic carbocycles. The fraction of sp³-hybridized carbons (Fsp3) is 0.120. The van der Waals surface area contributed by atoms with Crippen LogP contribution >= 0.6 is 38.5 Å². The van der Waals surface area contributed by atoms with Crippen molar-refractivity contribution in [1.82, 2.24) is 0 Å². The van der Waals surface area contributed by atoms with E-state index in [4.69, 9.17) is 4.74 Å². The average Bonchev–Trinajstić information content (AvgIpc) is 2.75. The van der Waals surface area contributed by atoms with E-state index in [1.165, 1.54) is 3.57 Å². The second-order valence-electron chi connectivity index (χ2n) is 6.98. The Morgan fingerprint density at radius 3 is 2.58 bits per heavy atom. The maximum Gasteiger partial charge on any atom is 0.266 e. The van der Waals surface area contributed by atoms with Crippen LogP contribution in [0.4, 0.5) is 5.69 Å². The highest BCUT2D eigenvalue weighted by molar-refractivity contribution is 14.1. The zero-order chi connectivity index (χ0) is 22.4. The van der Waals surface area contributed by atoms with Gasteiger partial charge in [0.05, 0.1) is 4.47 Å². The summed E-state index contributed by atoms with van der Waals surface area (Å²) in [5.74, 6) is 0.250. The molecule has 0 saturated heterocycles. The van der Waals surface area contributed by atoms with E-state index in [1.54, 1.807) is 6.08 Å². The maximum absolute atomic E-state index is 12.6. The molecule has 0 aromatic heterocycles. The first-order chi connectivity index (χ1) is 14.9. The molecule has 0 heterocycles. The SMILES string of the molecule is Cc1cccc(NC(=O)/C(C#N)=C/c2ccc(OCc3ccc(I)cc3)c(Br)c2)c1C. The van der Waals surface area contributed by atoms with Crippen LogP contribution < -0.4 is 10.1 Å². The number of nitrogens with one attached hydrogen (secondary N) is 1. The van der Waals surface area contributed by atoms with Crippen molar-refractivity contribution < 1.29 is 9.53 Å². The van der Waals surface area contributed by atoms with Gasteiger partial charge in [-0.15, -0.1) is 0 Å². The molecule has 3 aromatic carbocycles. The lowest BCUT2D eigenvalue weighted by Crippen LogP contribution is -2.14. The minimum atomic E-state index is -0.439. The van der Waals surface area contributed by atoms with E-state index in [0.29, 0.717) is 18.0 Å². The highest BCUT2D eigenvalue weighted by Crippen LogP contribution is 2.28. The summed E-state index contributed by atoms with van der Waals surface area (Å²) in [4.78, 5) is 12.6. The molecule has 6 heteroatoms. The van der Waals surface area contributed by atoms with Crippen LogP contribution in [0.1, 0.15) is 22.3 Å². The number of halogens is 2. The average molecular weight is 587 g/mol. The summed E-state index contributed by atoms with van der Waals surface area (Å²) in [6.07, 6.45) is 1.56. The smallest absolute Gasteiger partial charge is 0.266 e. The molecule has 3 aromatic rings. The fourth-order valence-corrected chi connectivity index (χ4v) is 3.73. The monoisotopic (exact) mass is 586 g/mol. The topological polar surface area (TPSA) is 62.1 Å². The summed E-state index contributed by atoms with van der Waals surface area (Å²) in [6, 6.07) is 21.3. The summed E-state index contributed by atoms with van der Waals surface area (Å²) in [7, 11) is 0. The minimum Gasteiger partial charge on any atom is -0.488 e. The van der Waals surface area contributed by atoms with Crippen molar-refractivity contribution in [3.63, 3.8) is 0 Å². The third-order valence-corrected chi connectivity index (χ3v) is 6.13. The number of anilines is 1. The number of rotatable bonds is 6. The Morgan fingerprint density at radius 1 is 1.16 bits per heavy atom. The lowest BCUT2D eigenvalue weighted by atomic mass is 10.1.